The zero-order valence-electron chi connectivity index (χ0n) is 21.2. The molecule has 0 radical (unpaired) electrons. The van der Waals surface area contributed by atoms with E-state index in [1.54, 1.807) is 67.8 Å². The monoisotopic (exact) mass is 542 g/mol. The van der Waals surface area contributed by atoms with Gasteiger partial charge in [-0.2, -0.15) is 5.26 Å². The number of aromatic nitrogens is 1. The van der Waals surface area contributed by atoms with Gasteiger partial charge in [-0.25, -0.2) is 13.8 Å². The minimum atomic E-state index is -2.79. The molecule has 0 aliphatic carbocycles. The zero-order chi connectivity index (χ0) is 27.8. The Morgan fingerprint density at radius 1 is 1.03 bits per heavy atom. The molecule has 4 aromatic rings. The second-order valence-electron chi connectivity index (χ2n) is 8.34. The molecule has 0 amide bonds. The predicted octanol–water partition coefficient (Wildman–Crippen LogP) is 7.76. The summed E-state index contributed by atoms with van der Waals surface area (Å²) in [7, 11) is 3.10. The maximum absolute atomic E-state index is 13.7. The highest BCUT2D eigenvalue weighted by molar-refractivity contribution is 7.98. The number of carbonyl (C=O) groups is 1. The first-order valence-corrected chi connectivity index (χ1v) is 12.9. The highest BCUT2D eigenvalue weighted by Gasteiger charge is 2.19. The van der Waals surface area contributed by atoms with Crippen LogP contribution in [0.2, 0.25) is 0 Å². The molecule has 0 saturated heterocycles. The third-order valence-electron chi connectivity index (χ3n) is 5.90. The van der Waals surface area contributed by atoms with Crippen LogP contribution in [0.5, 0.6) is 11.5 Å². The summed E-state index contributed by atoms with van der Waals surface area (Å²) in [5.74, 6) is 1.40. The van der Waals surface area contributed by atoms with Gasteiger partial charge in [0.2, 0.25) is 0 Å². The predicted molar refractivity (Wildman–Crippen MR) is 148 cm³/mol. The molecule has 0 spiro atoms. The molecular formula is C31H24F2N2O3S. The maximum Gasteiger partial charge on any atom is 0.280 e. The fraction of sp³-hybridized carbons (Fsp3) is 0.129. The Morgan fingerprint density at radius 3 is 2.41 bits per heavy atom. The molecule has 5 nitrogen and oxygen atoms in total. The first kappa shape index (κ1) is 27.6. The third kappa shape index (κ3) is 6.70. The van der Waals surface area contributed by atoms with Crippen LogP contribution in [-0.4, -0.2) is 25.0 Å². The van der Waals surface area contributed by atoms with Gasteiger partial charge in [-0.15, -0.1) is 11.8 Å². The second kappa shape index (κ2) is 12.9. The van der Waals surface area contributed by atoms with Gasteiger partial charge in [0.05, 0.1) is 19.8 Å². The van der Waals surface area contributed by atoms with Crippen LogP contribution in [0.3, 0.4) is 0 Å². The number of hydrogen-bond acceptors (Lipinski definition) is 6. The summed E-state index contributed by atoms with van der Waals surface area (Å²) in [6.07, 6.45) is 0.392. The van der Waals surface area contributed by atoms with Crippen molar-refractivity contribution < 1.29 is 23.0 Å². The van der Waals surface area contributed by atoms with Gasteiger partial charge < -0.3 is 9.47 Å². The van der Waals surface area contributed by atoms with E-state index in [2.05, 4.69) is 11.1 Å². The number of allylic oxidation sites excluding steroid dienone is 1. The summed E-state index contributed by atoms with van der Waals surface area (Å²) in [5.41, 5.74) is 2.95. The van der Waals surface area contributed by atoms with E-state index in [0.29, 0.717) is 33.9 Å². The van der Waals surface area contributed by atoms with Crippen molar-refractivity contribution in [2.75, 3.05) is 14.2 Å². The van der Waals surface area contributed by atoms with Crippen molar-refractivity contribution >= 4 is 23.6 Å². The number of methoxy groups -OCH3 is 2. The Kier molecular flexibility index (Phi) is 9.08. The van der Waals surface area contributed by atoms with Crippen molar-refractivity contribution in [3.8, 4) is 28.7 Å². The molecule has 196 valence electrons. The topological polar surface area (TPSA) is 72.2 Å². The van der Waals surface area contributed by atoms with Gasteiger partial charge in [-0.05, 0) is 59.7 Å². The SMILES string of the molecule is COc1ccc(C(=O)/C=C/c2ccc(OC)c(CSc3nc(C(F)F)cc(-c4ccccc4)c3C#N)c2)cc1. The number of alkyl halides is 2. The van der Waals surface area contributed by atoms with Gasteiger partial charge >= 0.3 is 0 Å². The van der Waals surface area contributed by atoms with E-state index in [9.17, 15) is 18.8 Å². The van der Waals surface area contributed by atoms with Crippen molar-refractivity contribution in [2.45, 2.75) is 17.2 Å². The Labute approximate surface area is 229 Å². The van der Waals surface area contributed by atoms with E-state index >= 15 is 0 Å². The molecule has 0 bridgehead atoms. The molecule has 3 aromatic carbocycles. The van der Waals surface area contributed by atoms with Crippen molar-refractivity contribution in [2.24, 2.45) is 0 Å². The van der Waals surface area contributed by atoms with Crippen LogP contribution in [0, 0.1) is 11.3 Å². The summed E-state index contributed by atoms with van der Waals surface area (Å²) in [5, 5.41) is 10.1. The van der Waals surface area contributed by atoms with E-state index in [1.165, 1.54) is 31.0 Å². The van der Waals surface area contributed by atoms with Crippen LogP contribution in [0.4, 0.5) is 8.78 Å². The van der Waals surface area contributed by atoms with Gasteiger partial charge in [0.25, 0.3) is 6.43 Å². The van der Waals surface area contributed by atoms with E-state index < -0.39 is 12.1 Å². The summed E-state index contributed by atoms with van der Waals surface area (Å²) in [6, 6.07) is 24.6. The van der Waals surface area contributed by atoms with E-state index in [4.69, 9.17) is 9.47 Å². The molecule has 0 unspecified atom stereocenters. The molecule has 1 heterocycles. The normalized spacial score (nSPS) is 11.0. The van der Waals surface area contributed by atoms with Crippen LogP contribution in [0.1, 0.15) is 39.2 Å². The smallest absolute Gasteiger partial charge is 0.280 e. The number of ketones is 1. The van der Waals surface area contributed by atoms with Crippen molar-refractivity contribution in [3.63, 3.8) is 0 Å². The number of rotatable bonds is 10. The summed E-state index contributed by atoms with van der Waals surface area (Å²) in [4.78, 5) is 16.7. The van der Waals surface area contributed by atoms with Crippen molar-refractivity contribution in [3.05, 3.63) is 113 Å². The minimum Gasteiger partial charge on any atom is -0.497 e. The average Bonchev–Trinajstić information content (AvgIpc) is 2.98. The van der Waals surface area contributed by atoms with E-state index in [1.807, 2.05) is 18.2 Å². The number of carbonyl (C=O) groups excluding carboxylic acids is 1. The molecule has 4 rings (SSSR count). The second-order valence-corrected chi connectivity index (χ2v) is 9.30. The van der Waals surface area contributed by atoms with Crippen LogP contribution < -0.4 is 9.47 Å². The fourth-order valence-electron chi connectivity index (χ4n) is 3.89. The Bertz CT molecular complexity index is 1530. The summed E-state index contributed by atoms with van der Waals surface area (Å²) < 4.78 is 38.0. The molecule has 0 N–H and O–H groups in total. The van der Waals surface area contributed by atoms with E-state index in [0.717, 1.165) is 11.1 Å². The third-order valence-corrected chi connectivity index (χ3v) is 6.92. The number of nitrogens with zero attached hydrogens (tertiary/aromatic N) is 2. The van der Waals surface area contributed by atoms with Crippen LogP contribution in [0.25, 0.3) is 17.2 Å². The Morgan fingerprint density at radius 2 is 1.77 bits per heavy atom. The largest absolute Gasteiger partial charge is 0.497 e. The van der Waals surface area contributed by atoms with Gasteiger partial charge in [0.15, 0.2) is 5.78 Å². The summed E-state index contributed by atoms with van der Waals surface area (Å²) >= 11 is 1.18. The lowest BCUT2D eigenvalue weighted by Gasteiger charge is -2.13. The first-order valence-electron chi connectivity index (χ1n) is 11.9. The first-order chi connectivity index (χ1) is 18.9. The standard InChI is InChI=1S/C31H24F2N2O3S/c1-37-24-12-10-22(11-13-24)28(36)14-8-20-9-15-29(38-2)23(16-20)19-39-31-26(18-34)25(17-27(35-31)30(32)33)21-6-4-3-5-7-21/h3-17,30H,19H2,1-2H3/b14-8+. The van der Waals surface area contributed by atoms with Gasteiger partial charge in [-0.3, -0.25) is 4.79 Å². The number of hydrogen-bond donors (Lipinski definition) is 0. The lowest BCUT2D eigenvalue weighted by atomic mass is 10.0. The lowest BCUT2D eigenvalue weighted by molar-refractivity contribution is 0.104. The molecule has 0 atom stereocenters. The molecule has 0 saturated carbocycles. The number of pyridine rings is 1. The van der Waals surface area contributed by atoms with Gasteiger partial charge in [-0.1, -0.05) is 42.5 Å². The number of halogens is 2. The highest BCUT2D eigenvalue weighted by atomic mass is 32.2. The number of ether oxygens (including phenoxy) is 2. The van der Waals surface area contributed by atoms with Crippen LogP contribution in [0.15, 0.2) is 90.0 Å². The maximum atomic E-state index is 13.7. The molecule has 39 heavy (non-hydrogen) atoms. The average molecular weight is 543 g/mol. The number of thioether (sulfide) groups is 1. The molecule has 8 heteroatoms. The molecule has 0 aliphatic rings. The summed E-state index contributed by atoms with van der Waals surface area (Å²) in [6.45, 7) is 0. The fourth-order valence-corrected chi connectivity index (χ4v) is 4.88. The van der Waals surface area contributed by atoms with Crippen molar-refractivity contribution in [1.82, 2.24) is 4.98 Å². The molecule has 0 aliphatic heterocycles. The highest BCUT2D eigenvalue weighted by Crippen LogP contribution is 2.36. The lowest BCUT2D eigenvalue weighted by Crippen LogP contribution is -2.00. The number of benzene rings is 3. The molecular weight excluding hydrogens is 518 g/mol. The Hall–Kier alpha value is -4.48. The van der Waals surface area contributed by atoms with Crippen molar-refractivity contribution in [1.29, 1.82) is 5.26 Å². The quantitative estimate of drug-likeness (QED) is 0.116. The van der Waals surface area contributed by atoms with Crippen LogP contribution in [-0.2, 0) is 5.75 Å². The van der Waals surface area contributed by atoms with Crippen LogP contribution >= 0.6 is 11.8 Å². The van der Waals surface area contributed by atoms with Gasteiger partial charge in [0, 0.05) is 22.4 Å². The zero-order valence-corrected chi connectivity index (χ0v) is 22.0. The van der Waals surface area contributed by atoms with Gasteiger partial charge in [0.1, 0.15) is 28.3 Å². The van der Waals surface area contributed by atoms with E-state index in [-0.39, 0.29) is 16.4 Å². The molecule has 1 aromatic heterocycles. The number of nitriles is 1. The Balaban J connectivity index is 1.61. The molecule has 0 fully saturated rings. The minimum absolute atomic E-state index is 0.162.